The number of hydrazine groups is 2. The third kappa shape index (κ3) is 8.41. The number of amides is 4. The maximum Gasteiger partial charge on any atom is 0.280 e. The van der Waals surface area contributed by atoms with Crippen molar-refractivity contribution in [1.29, 1.82) is 0 Å². The molecule has 4 amide bonds. The summed E-state index contributed by atoms with van der Waals surface area (Å²) in [6.07, 6.45) is 0. The molecule has 0 radical (unpaired) electrons. The van der Waals surface area contributed by atoms with Gasteiger partial charge in [0.15, 0.2) is 11.2 Å². The van der Waals surface area contributed by atoms with Gasteiger partial charge < -0.3 is 10.2 Å². The maximum absolute atomic E-state index is 14.8. The second-order valence-electron chi connectivity index (χ2n) is 13.8. The number of carbonyl (C=O) groups is 4. The second kappa shape index (κ2) is 17.7. The fourth-order valence-electron chi connectivity index (χ4n) is 6.70. The quantitative estimate of drug-likeness (QED) is 0.0833. The van der Waals surface area contributed by atoms with Gasteiger partial charge in [0.05, 0.1) is 22.5 Å². The van der Waals surface area contributed by atoms with Gasteiger partial charge in [0.1, 0.15) is 23.3 Å². The Morgan fingerprint density at radius 1 is 0.371 bits per heavy atom. The lowest BCUT2D eigenvalue weighted by molar-refractivity contribution is -0.137. The van der Waals surface area contributed by atoms with Crippen LogP contribution in [0.5, 0.6) is 0 Å². The second-order valence-corrected chi connectivity index (χ2v) is 13.8. The average molecular weight is 839 g/mol. The highest BCUT2D eigenvalue weighted by atomic mass is 19.1. The Labute approximate surface area is 351 Å². The lowest BCUT2D eigenvalue weighted by Gasteiger charge is -2.33. The highest BCUT2D eigenvalue weighted by molar-refractivity contribution is 6.18. The third-order valence-corrected chi connectivity index (χ3v) is 9.95. The van der Waals surface area contributed by atoms with Crippen molar-refractivity contribution < 1.29 is 47.0 Å². The van der Waals surface area contributed by atoms with E-state index in [0.717, 1.165) is 107 Å². The molecule has 7 rings (SSSR count). The molecule has 10 nitrogen and oxygen atoms in total. The summed E-state index contributed by atoms with van der Waals surface area (Å²) in [5, 5.41) is 25.9. The zero-order valence-electron chi connectivity index (χ0n) is 32.3. The molecule has 0 saturated heterocycles. The number of rotatable bonds is 10. The normalized spacial score (nSPS) is 11.3. The summed E-state index contributed by atoms with van der Waals surface area (Å²) in [6.45, 7) is 0. The molecular weight excluding hydrogens is 805 g/mol. The molecule has 0 bridgehead atoms. The third-order valence-electron chi connectivity index (χ3n) is 9.95. The number of hydrogen-bond donors (Lipinski definition) is 4. The summed E-state index contributed by atoms with van der Waals surface area (Å²) in [5.74, 6) is -7.16. The van der Waals surface area contributed by atoms with Crippen LogP contribution in [-0.4, -0.2) is 33.8 Å². The van der Waals surface area contributed by atoms with E-state index >= 15 is 0 Å². The van der Waals surface area contributed by atoms with E-state index in [2.05, 4.69) is 10.9 Å². The summed E-state index contributed by atoms with van der Waals surface area (Å²) >= 11 is 0. The fourth-order valence-corrected chi connectivity index (χ4v) is 6.70. The highest BCUT2D eigenvalue weighted by Gasteiger charge is 2.44. The summed E-state index contributed by atoms with van der Waals surface area (Å²) in [5.41, 5.74) is -1.42. The van der Waals surface area contributed by atoms with Crippen molar-refractivity contribution in [2.24, 2.45) is 0 Å². The Bertz CT molecular complexity index is 2440. The van der Waals surface area contributed by atoms with Gasteiger partial charge in [-0.05, 0) is 107 Å². The van der Waals surface area contributed by atoms with Gasteiger partial charge >= 0.3 is 0 Å². The minimum absolute atomic E-state index is 0.0607. The van der Waals surface area contributed by atoms with Gasteiger partial charge in [0.2, 0.25) is 0 Å². The average Bonchev–Trinajstić information content (AvgIpc) is 3.30. The van der Waals surface area contributed by atoms with Crippen molar-refractivity contribution in [3.63, 3.8) is 0 Å². The minimum atomic E-state index is -2.63. The summed E-state index contributed by atoms with van der Waals surface area (Å²) in [7, 11) is 0. The molecule has 14 heteroatoms. The number of halogens is 4. The molecule has 0 spiro atoms. The van der Waals surface area contributed by atoms with E-state index in [1.807, 2.05) is 0 Å². The minimum Gasteiger partial charge on any atom is -0.372 e. The molecule has 7 aromatic rings. The lowest BCUT2D eigenvalue weighted by Crippen LogP contribution is -2.56. The topological polar surface area (TPSA) is 139 Å². The van der Waals surface area contributed by atoms with Gasteiger partial charge in [-0.3, -0.25) is 30.0 Å². The van der Waals surface area contributed by atoms with Gasteiger partial charge in [-0.25, -0.2) is 27.6 Å². The molecule has 0 aromatic heterocycles. The van der Waals surface area contributed by atoms with E-state index in [-0.39, 0.29) is 44.8 Å². The van der Waals surface area contributed by atoms with E-state index in [4.69, 9.17) is 0 Å². The van der Waals surface area contributed by atoms with Crippen molar-refractivity contribution >= 4 is 35.0 Å². The largest absolute Gasteiger partial charge is 0.372 e. The number of nitrogens with one attached hydrogen (secondary N) is 2. The lowest BCUT2D eigenvalue weighted by atomic mass is 9.85. The van der Waals surface area contributed by atoms with Crippen LogP contribution < -0.4 is 20.9 Å². The molecule has 0 fully saturated rings. The first-order valence-corrected chi connectivity index (χ1v) is 18.8. The number of carbonyl (C=O) groups excluding carboxylic acids is 4. The van der Waals surface area contributed by atoms with E-state index in [1.54, 1.807) is 36.4 Å². The number of nitrogens with zero attached hydrogens (tertiary/aromatic N) is 2. The first-order valence-electron chi connectivity index (χ1n) is 18.8. The van der Waals surface area contributed by atoms with Crippen LogP contribution in [-0.2, 0) is 20.8 Å². The molecule has 310 valence electrons. The zero-order valence-corrected chi connectivity index (χ0v) is 32.3. The standard InChI is InChI=1S/C48H34F4N4O6/c49-35-23-15-31(16-24-35)47(61,32-17-25-36(50)26-18-32)45(59)53-55(39-9-3-1-4-10-39)43(57)41-13-7-8-14-42(41)44(58)56(40-11-5-2-6-12-40)54-46(60)48(62,33-19-27-37(51)28-20-33)34-21-29-38(52)30-22-34/h1-30,61-62H,(H,53,59)(H,54,60). The number of benzene rings is 7. The van der Waals surface area contributed by atoms with E-state index in [9.17, 15) is 47.0 Å². The van der Waals surface area contributed by atoms with Crippen molar-refractivity contribution in [2.75, 3.05) is 10.0 Å². The van der Waals surface area contributed by atoms with Crippen molar-refractivity contribution in [3.05, 3.63) is 239 Å². The first kappa shape index (κ1) is 42.2. The Morgan fingerprint density at radius 3 is 0.871 bits per heavy atom. The first-order chi connectivity index (χ1) is 29.8. The van der Waals surface area contributed by atoms with Crippen LogP contribution in [0.25, 0.3) is 0 Å². The van der Waals surface area contributed by atoms with E-state index < -0.39 is 58.1 Å². The zero-order chi connectivity index (χ0) is 44.0. The van der Waals surface area contributed by atoms with Crippen LogP contribution >= 0.6 is 0 Å². The van der Waals surface area contributed by atoms with Gasteiger partial charge in [-0.1, -0.05) is 97.1 Å². The molecule has 0 aliphatic rings. The van der Waals surface area contributed by atoms with Crippen LogP contribution in [0.2, 0.25) is 0 Å². The van der Waals surface area contributed by atoms with Gasteiger partial charge in [-0.2, -0.15) is 0 Å². The molecule has 0 aliphatic heterocycles. The van der Waals surface area contributed by atoms with Crippen molar-refractivity contribution in [2.45, 2.75) is 11.2 Å². The van der Waals surface area contributed by atoms with Crippen LogP contribution in [0.4, 0.5) is 28.9 Å². The SMILES string of the molecule is O=C(c1ccccc1C(=O)N(NC(=O)C(O)(c1ccc(F)cc1)c1ccc(F)cc1)c1ccccc1)N(NC(=O)C(O)(c1ccc(F)cc1)c1ccc(F)cc1)c1ccccc1. The molecule has 0 atom stereocenters. The predicted molar refractivity (Wildman–Crippen MR) is 221 cm³/mol. The number of anilines is 2. The molecule has 7 aromatic carbocycles. The Morgan fingerprint density at radius 2 is 0.613 bits per heavy atom. The summed E-state index contributed by atoms with van der Waals surface area (Å²) < 4.78 is 56.2. The van der Waals surface area contributed by atoms with Gasteiger partial charge in [-0.15, -0.1) is 0 Å². The van der Waals surface area contributed by atoms with Crippen LogP contribution in [0.3, 0.4) is 0 Å². The van der Waals surface area contributed by atoms with Gasteiger partial charge in [0, 0.05) is 0 Å². The van der Waals surface area contributed by atoms with Crippen molar-refractivity contribution in [1.82, 2.24) is 10.9 Å². The molecular formula is C48H34F4N4O6. The molecule has 0 saturated carbocycles. The number of aliphatic hydroxyl groups is 2. The molecule has 0 heterocycles. The Hall–Kier alpha value is -7.94. The fraction of sp³-hybridized carbons (Fsp3) is 0.0417. The summed E-state index contributed by atoms with van der Waals surface area (Å²) in [4.78, 5) is 58.5. The van der Waals surface area contributed by atoms with Crippen LogP contribution in [0.15, 0.2) is 182 Å². The molecule has 0 unspecified atom stereocenters. The molecule has 62 heavy (non-hydrogen) atoms. The molecule has 4 N–H and O–H groups in total. The smallest absolute Gasteiger partial charge is 0.280 e. The highest BCUT2D eigenvalue weighted by Crippen LogP contribution is 2.33. The van der Waals surface area contributed by atoms with Crippen LogP contribution in [0, 0.1) is 23.3 Å². The van der Waals surface area contributed by atoms with E-state index in [1.165, 1.54) is 48.5 Å². The van der Waals surface area contributed by atoms with Gasteiger partial charge in [0.25, 0.3) is 23.6 Å². The Balaban J connectivity index is 1.29. The van der Waals surface area contributed by atoms with Crippen molar-refractivity contribution in [3.8, 4) is 0 Å². The Kier molecular flexibility index (Phi) is 12.1. The van der Waals surface area contributed by atoms with E-state index in [0.29, 0.717) is 0 Å². The summed E-state index contributed by atoms with van der Waals surface area (Å²) in [6, 6.07) is 38.1. The maximum atomic E-state index is 14.8. The predicted octanol–water partition coefficient (Wildman–Crippen LogP) is 7.47. The monoisotopic (exact) mass is 838 g/mol. The number of hydrogen-bond acceptors (Lipinski definition) is 6. The number of para-hydroxylation sites is 2. The van der Waals surface area contributed by atoms with Crippen LogP contribution in [0.1, 0.15) is 43.0 Å². The molecule has 0 aliphatic carbocycles.